The van der Waals surface area contributed by atoms with E-state index in [0.29, 0.717) is 35.4 Å². The molecule has 0 amide bonds. The molecule has 1 N–H and O–H groups in total. The predicted molar refractivity (Wildman–Crippen MR) is 62.9 cm³/mol. The zero-order chi connectivity index (χ0) is 12.7. The van der Waals surface area contributed by atoms with Crippen LogP contribution in [0.25, 0.3) is 11.4 Å². The molecule has 0 saturated carbocycles. The third-order valence-corrected chi connectivity index (χ3v) is 2.87. The van der Waals surface area contributed by atoms with E-state index < -0.39 is 5.97 Å². The number of hydrogen-bond acceptors (Lipinski definition) is 4. The molecule has 2 aromatic rings. The molecule has 0 aliphatic carbocycles. The Bertz CT molecular complexity index is 638. The second-order valence-corrected chi connectivity index (χ2v) is 4.19. The van der Waals surface area contributed by atoms with E-state index in [2.05, 4.69) is 9.97 Å². The average Bonchev–Trinajstić information content (AvgIpc) is 2.67. The Morgan fingerprint density at radius 2 is 2.39 bits per heavy atom. The number of halogens is 1. The maximum absolute atomic E-state index is 10.9. The van der Waals surface area contributed by atoms with E-state index in [4.69, 9.17) is 21.4 Å². The molecule has 3 heterocycles. The van der Waals surface area contributed by atoms with E-state index >= 15 is 0 Å². The molecular formula is C11H8ClN3O3. The number of nitrogens with zero attached hydrogens (tertiary/aromatic N) is 3. The van der Waals surface area contributed by atoms with Crippen molar-refractivity contribution in [3.05, 3.63) is 29.3 Å². The van der Waals surface area contributed by atoms with Gasteiger partial charge in [0.05, 0.1) is 12.1 Å². The fraction of sp³-hybridized carbons (Fsp3) is 0.182. The van der Waals surface area contributed by atoms with Crippen molar-refractivity contribution in [3.63, 3.8) is 0 Å². The summed E-state index contributed by atoms with van der Waals surface area (Å²) in [5.74, 6) is 0.0420. The van der Waals surface area contributed by atoms with E-state index in [1.54, 1.807) is 10.6 Å². The Balaban J connectivity index is 2.20. The average molecular weight is 266 g/mol. The van der Waals surface area contributed by atoms with Gasteiger partial charge >= 0.3 is 5.97 Å². The number of pyridine rings is 1. The topological polar surface area (TPSA) is 77.2 Å². The standard InChI is InChI=1S/C11H8ClN3O3/c12-9-3-8-6(4-13-9)10-14-7(11(16)17)5-15(10)1-2-18-8/h3-5H,1-2H2,(H,16,17). The van der Waals surface area contributed by atoms with Crippen molar-refractivity contribution < 1.29 is 14.6 Å². The molecule has 0 unspecified atom stereocenters. The molecule has 1 aliphatic heterocycles. The number of hydrogen-bond donors (Lipinski definition) is 1. The van der Waals surface area contributed by atoms with Crippen molar-refractivity contribution in [2.75, 3.05) is 6.61 Å². The van der Waals surface area contributed by atoms with Crippen LogP contribution in [0.4, 0.5) is 0 Å². The van der Waals surface area contributed by atoms with E-state index in [1.165, 1.54) is 12.4 Å². The largest absolute Gasteiger partial charge is 0.491 e. The quantitative estimate of drug-likeness (QED) is 0.794. The Hall–Kier alpha value is -2.08. The Morgan fingerprint density at radius 1 is 1.56 bits per heavy atom. The van der Waals surface area contributed by atoms with Crippen LogP contribution < -0.4 is 4.74 Å². The Labute approximate surface area is 107 Å². The van der Waals surface area contributed by atoms with Crippen molar-refractivity contribution in [1.29, 1.82) is 0 Å². The van der Waals surface area contributed by atoms with Crippen LogP contribution in [0.3, 0.4) is 0 Å². The van der Waals surface area contributed by atoms with Gasteiger partial charge < -0.3 is 14.4 Å². The zero-order valence-corrected chi connectivity index (χ0v) is 9.89. The lowest BCUT2D eigenvalue weighted by Gasteiger charge is -2.05. The van der Waals surface area contributed by atoms with Crippen LogP contribution in [-0.4, -0.2) is 32.2 Å². The summed E-state index contributed by atoms with van der Waals surface area (Å²) < 4.78 is 7.28. The highest BCUT2D eigenvalue weighted by Crippen LogP contribution is 2.32. The first-order chi connectivity index (χ1) is 8.65. The Kier molecular flexibility index (Phi) is 2.45. The van der Waals surface area contributed by atoms with E-state index in [-0.39, 0.29) is 5.69 Å². The summed E-state index contributed by atoms with van der Waals surface area (Å²) in [6.45, 7) is 0.956. The molecule has 6 nitrogen and oxygen atoms in total. The summed E-state index contributed by atoms with van der Waals surface area (Å²) in [4.78, 5) is 19.0. The van der Waals surface area contributed by atoms with Crippen LogP contribution in [0.2, 0.25) is 5.15 Å². The van der Waals surface area contributed by atoms with Gasteiger partial charge in [-0.05, 0) is 0 Å². The van der Waals surface area contributed by atoms with E-state index in [9.17, 15) is 4.79 Å². The summed E-state index contributed by atoms with van der Waals surface area (Å²) in [5.41, 5.74) is 0.650. The molecule has 0 aromatic carbocycles. The molecular weight excluding hydrogens is 258 g/mol. The molecule has 1 aliphatic rings. The van der Waals surface area contributed by atoms with Crippen molar-refractivity contribution in [3.8, 4) is 17.1 Å². The summed E-state index contributed by atoms with van der Waals surface area (Å²) >= 11 is 5.80. The maximum Gasteiger partial charge on any atom is 0.356 e. The molecule has 0 fully saturated rings. The van der Waals surface area contributed by atoms with Crippen LogP contribution >= 0.6 is 11.6 Å². The van der Waals surface area contributed by atoms with Gasteiger partial charge in [-0.3, -0.25) is 0 Å². The van der Waals surface area contributed by atoms with Crippen LogP contribution in [0, 0.1) is 0 Å². The summed E-state index contributed by atoms with van der Waals surface area (Å²) in [5, 5.41) is 9.28. The lowest BCUT2D eigenvalue weighted by Crippen LogP contribution is -2.04. The molecule has 2 aromatic heterocycles. The maximum atomic E-state index is 10.9. The van der Waals surface area contributed by atoms with Crippen LogP contribution in [0.5, 0.6) is 5.75 Å². The summed E-state index contributed by atoms with van der Waals surface area (Å²) in [6, 6.07) is 1.60. The number of carbonyl (C=O) groups is 1. The van der Waals surface area contributed by atoms with Gasteiger partial charge in [-0.2, -0.15) is 0 Å². The number of aromatic nitrogens is 3. The number of fused-ring (bicyclic) bond motifs is 3. The van der Waals surface area contributed by atoms with Crippen LogP contribution in [-0.2, 0) is 6.54 Å². The molecule has 0 atom stereocenters. The van der Waals surface area contributed by atoms with E-state index in [0.717, 1.165) is 0 Å². The van der Waals surface area contributed by atoms with Gasteiger partial charge in [-0.25, -0.2) is 14.8 Å². The SMILES string of the molecule is O=C(O)c1cn2c(n1)-c1cnc(Cl)cc1OCC2. The number of carboxylic acid groups (broad SMARTS) is 1. The molecule has 0 spiro atoms. The molecule has 18 heavy (non-hydrogen) atoms. The van der Waals surface area contributed by atoms with Crippen molar-refractivity contribution >= 4 is 17.6 Å². The molecule has 0 saturated heterocycles. The monoisotopic (exact) mass is 265 g/mol. The smallest absolute Gasteiger partial charge is 0.356 e. The minimum absolute atomic E-state index is 0.00722. The summed E-state index contributed by atoms with van der Waals surface area (Å²) in [6.07, 6.45) is 3.03. The molecule has 92 valence electrons. The summed E-state index contributed by atoms with van der Waals surface area (Å²) in [7, 11) is 0. The van der Waals surface area contributed by atoms with E-state index in [1.807, 2.05) is 0 Å². The zero-order valence-electron chi connectivity index (χ0n) is 9.13. The minimum atomic E-state index is -1.06. The highest BCUT2D eigenvalue weighted by molar-refractivity contribution is 6.29. The van der Waals surface area contributed by atoms with Gasteiger partial charge in [0.25, 0.3) is 0 Å². The first-order valence-electron chi connectivity index (χ1n) is 5.24. The van der Waals surface area contributed by atoms with Crippen molar-refractivity contribution in [1.82, 2.24) is 14.5 Å². The van der Waals surface area contributed by atoms with Gasteiger partial charge in [0.1, 0.15) is 23.3 Å². The first-order valence-corrected chi connectivity index (χ1v) is 5.62. The third-order valence-electron chi connectivity index (χ3n) is 2.66. The Morgan fingerprint density at radius 3 is 3.17 bits per heavy atom. The number of ether oxygens (including phenoxy) is 1. The second kappa shape index (κ2) is 3.99. The minimum Gasteiger partial charge on any atom is -0.491 e. The highest BCUT2D eigenvalue weighted by Gasteiger charge is 2.21. The lowest BCUT2D eigenvalue weighted by molar-refractivity contribution is 0.0691. The van der Waals surface area contributed by atoms with Crippen LogP contribution in [0.1, 0.15) is 10.5 Å². The van der Waals surface area contributed by atoms with Crippen LogP contribution in [0.15, 0.2) is 18.5 Å². The first kappa shape index (κ1) is 11.0. The molecule has 0 bridgehead atoms. The number of imidazole rings is 1. The van der Waals surface area contributed by atoms with Gasteiger partial charge in [0.15, 0.2) is 5.69 Å². The second-order valence-electron chi connectivity index (χ2n) is 3.80. The fourth-order valence-corrected chi connectivity index (χ4v) is 2.01. The normalized spacial score (nSPS) is 13.2. The number of rotatable bonds is 1. The molecule has 0 radical (unpaired) electrons. The van der Waals surface area contributed by atoms with Gasteiger partial charge in [-0.1, -0.05) is 11.6 Å². The van der Waals surface area contributed by atoms with Crippen molar-refractivity contribution in [2.24, 2.45) is 0 Å². The fourth-order valence-electron chi connectivity index (χ4n) is 1.86. The lowest BCUT2D eigenvalue weighted by atomic mass is 10.2. The third kappa shape index (κ3) is 1.70. The molecule has 7 heteroatoms. The van der Waals surface area contributed by atoms with Gasteiger partial charge in [0, 0.05) is 18.5 Å². The molecule has 3 rings (SSSR count). The van der Waals surface area contributed by atoms with Gasteiger partial charge in [-0.15, -0.1) is 0 Å². The number of aromatic carboxylic acids is 1. The van der Waals surface area contributed by atoms with Crippen molar-refractivity contribution in [2.45, 2.75) is 6.54 Å². The number of carboxylic acids is 1. The highest BCUT2D eigenvalue weighted by atomic mass is 35.5. The van der Waals surface area contributed by atoms with Gasteiger partial charge in [0.2, 0.25) is 0 Å². The predicted octanol–water partition coefficient (Wildman–Crippen LogP) is 1.69.